The van der Waals surface area contributed by atoms with Gasteiger partial charge in [0.2, 0.25) is 76.8 Å². The number of phenolic OH excluding ortho intramolecular Hbond substituents is 1. The number of phenols is 1. The summed E-state index contributed by atoms with van der Waals surface area (Å²) >= 11 is 4.22. The van der Waals surface area contributed by atoms with Crippen LogP contribution in [0.3, 0.4) is 0 Å². The third-order valence-corrected chi connectivity index (χ3v) is 17.2. The molecule has 0 bridgehead atoms. The Labute approximate surface area is 622 Å². The largest absolute Gasteiger partial charge is 0.508 e. The van der Waals surface area contributed by atoms with E-state index < -0.39 is 223 Å². The van der Waals surface area contributed by atoms with Crippen LogP contribution in [-0.2, 0) is 89.6 Å². The van der Waals surface area contributed by atoms with E-state index in [1.807, 2.05) is 0 Å². The Morgan fingerprint density at radius 2 is 1.07 bits per heavy atom. The van der Waals surface area contributed by atoms with Crippen molar-refractivity contribution in [2.45, 2.75) is 216 Å². The summed E-state index contributed by atoms with van der Waals surface area (Å²) in [5, 5.41) is 65.9. The van der Waals surface area contributed by atoms with Crippen LogP contribution < -0.4 is 87.2 Å². The number of amides is 13. The van der Waals surface area contributed by atoms with Gasteiger partial charge in [0.05, 0.1) is 18.8 Å². The van der Waals surface area contributed by atoms with Gasteiger partial charge in [0.15, 0.2) is 5.96 Å². The van der Waals surface area contributed by atoms with Gasteiger partial charge >= 0.3 is 17.9 Å². The first-order chi connectivity index (χ1) is 50.3. The standard InChI is InChI=1S/C66H104N20O20S/c1-32(2)25-43(57(97)75-34(5)53(93)79-42(65(105)106)12-9-23-73-66(70)71)81-59(99)45(27-37-29-72-31-74-37)83-61(101)47(30-107)84-60(100)46(28-49(69)88)80-54(94)35(6)76-58(98)44(26-36-14-16-38(87)17-15-36)82-56(96)40(18-20-50(89)90)77-55(95)41(19-21-51(91)92)78-63(103)52(33(3)4)85-62(102)48-13-10-24-86(48)64(104)39(68)11-7-8-22-67/h14-17,29,31-35,39-48,52,87,107H,7-13,18-28,30,67-68H2,1-6H3,(H2,69,88)(H,72,74)(H,75,97)(H,76,98)(H,77,95)(H,78,103)(H,79,93)(H,80,94)(H,81,99)(H,82,96)(H,83,101)(H,84,100)(H,85,102)(H,89,90)(H,91,92)(H,105,106)(H4,70,71,73)/t34-,35-,39-,40-,41-,42-,43-,44-,45-,46-,47-,48-,52-/m0/s1. The van der Waals surface area contributed by atoms with Crippen LogP contribution in [0.25, 0.3) is 0 Å². The predicted molar refractivity (Wildman–Crippen MR) is 386 cm³/mol. The van der Waals surface area contributed by atoms with Crippen LogP contribution in [0.5, 0.6) is 5.75 Å². The highest BCUT2D eigenvalue weighted by Gasteiger charge is 2.41. The van der Waals surface area contributed by atoms with Crippen LogP contribution in [0.15, 0.2) is 41.8 Å². The fourth-order valence-electron chi connectivity index (χ4n) is 11.0. The molecular formula is C66H104N20O20S. The Bertz CT molecular complexity index is 3430. The number of imidazole rings is 1. The number of hydrogen-bond acceptors (Lipinski definition) is 22. The highest BCUT2D eigenvalue weighted by molar-refractivity contribution is 7.80. The van der Waals surface area contributed by atoms with Gasteiger partial charge in [-0.1, -0.05) is 46.2 Å². The molecule has 40 nitrogen and oxygen atoms in total. The number of carboxylic acid groups (broad SMARTS) is 3. The number of carbonyl (C=O) groups is 16. The molecule has 3 rings (SSSR count). The average Bonchev–Trinajstić information content (AvgIpc) is 1.72. The van der Waals surface area contributed by atoms with Crippen LogP contribution in [-0.4, -0.2) is 240 Å². The van der Waals surface area contributed by atoms with E-state index in [2.05, 4.69) is 86.1 Å². The molecule has 26 N–H and O–H groups in total. The van der Waals surface area contributed by atoms with Crippen LogP contribution in [0.2, 0.25) is 0 Å². The van der Waals surface area contributed by atoms with Crippen molar-refractivity contribution in [2.75, 3.05) is 25.4 Å². The first kappa shape index (κ1) is 90.5. The number of aromatic amines is 1. The van der Waals surface area contributed by atoms with E-state index in [4.69, 9.17) is 28.7 Å². The number of thiol groups is 1. The number of nitrogens with two attached hydrogens (primary N) is 5. The Hall–Kier alpha value is -10.7. The summed E-state index contributed by atoms with van der Waals surface area (Å²) in [5.41, 5.74) is 28.5. The number of guanidine groups is 1. The van der Waals surface area contributed by atoms with Crippen molar-refractivity contribution in [1.82, 2.24) is 73.4 Å². The zero-order valence-electron chi connectivity index (χ0n) is 60.6. The second-order valence-electron chi connectivity index (χ2n) is 26.5. The molecule has 1 aromatic heterocycles. The second-order valence-corrected chi connectivity index (χ2v) is 26.9. The summed E-state index contributed by atoms with van der Waals surface area (Å²) in [6.45, 7) is 9.66. The number of carbonyl (C=O) groups excluding carboxylic acids is 13. The van der Waals surface area contributed by atoms with Crippen molar-refractivity contribution < 1.29 is 97.1 Å². The van der Waals surface area contributed by atoms with Gasteiger partial charge in [-0.25, -0.2) is 9.78 Å². The van der Waals surface area contributed by atoms with Gasteiger partial charge < -0.3 is 117 Å². The van der Waals surface area contributed by atoms with Crippen molar-refractivity contribution in [1.29, 1.82) is 0 Å². The van der Waals surface area contributed by atoms with Gasteiger partial charge in [-0.15, -0.1) is 0 Å². The molecule has 13 amide bonds. The minimum atomic E-state index is -1.89. The van der Waals surface area contributed by atoms with E-state index in [0.29, 0.717) is 37.9 Å². The quantitative estimate of drug-likeness (QED) is 0.0127. The van der Waals surface area contributed by atoms with Crippen molar-refractivity contribution in [3.63, 3.8) is 0 Å². The summed E-state index contributed by atoms with van der Waals surface area (Å²) in [7, 11) is 0. The van der Waals surface area contributed by atoms with Gasteiger partial charge in [-0.2, -0.15) is 12.6 Å². The molecular weight excluding hydrogens is 1420 g/mol. The lowest BCUT2D eigenvalue weighted by Crippen LogP contribution is -2.61. The molecule has 0 spiro atoms. The number of aromatic hydroxyl groups is 1. The first-order valence-corrected chi connectivity index (χ1v) is 35.5. The molecule has 41 heteroatoms. The van der Waals surface area contributed by atoms with Crippen molar-refractivity contribution in [3.8, 4) is 5.75 Å². The van der Waals surface area contributed by atoms with E-state index >= 15 is 0 Å². The van der Waals surface area contributed by atoms with Crippen LogP contribution in [0, 0.1) is 11.8 Å². The Morgan fingerprint density at radius 3 is 1.57 bits per heavy atom. The maximum atomic E-state index is 14.4. The molecule has 0 unspecified atom stereocenters. The molecule has 1 aromatic carbocycles. The Balaban J connectivity index is 1.86. The summed E-state index contributed by atoms with van der Waals surface area (Å²) in [4.78, 5) is 228. The molecule has 1 fully saturated rings. The number of aliphatic imine (C=N–C) groups is 1. The SMILES string of the molecule is CC(C)C[C@H](NC(=O)[C@H](Cc1cnc[nH]1)NC(=O)[C@H](CS)NC(=O)[C@H](CC(N)=O)NC(=O)[C@H](C)NC(=O)[C@H](Cc1ccc(O)cc1)NC(=O)[C@H](CCC(=O)O)NC(=O)[C@H](CCC(=O)O)NC(=O)[C@@H](NC(=O)[C@@H]1CCCN1C(=O)[C@@H](N)CCCCN)C(C)C)C(=O)N[C@@H](C)C(=O)N[C@@H](CCCN=C(N)N)C(=O)O. The van der Waals surface area contributed by atoms with Crippen molar-refractivity contribution >= 4 is 113 Å². The highest BCUT2D eigenvalue weighted by Crippen LogP contribution is 2.21. The zero-order valence-corrected chi connectivity index (χ0v) is 61.5. The van der Waals surface area contributed by atoms with E-state index in [0.717, 1.165) is 6.92 Å². The van der Waals surface area contributed by atoms with E-state index in [9.17, 15) is 97.1 Å². The lowest BCUT2D eigenvalue weighted by molar-refractivity contribution is -0.142. The average molecular weight is 1530 g/mol. The van der Waals surface area contributed by atoms with Gasteiger partial charge in [0.1, 0.15) is 78.3 Å². The zero-order chi connectivity index (χ0) is 80.4. The van der Waals surface area contributed by atoms with Crippen LogP contribution in [0.1, 0.15) is 136 Å². The maximum absolute atomic E-state index is 14.4. The number of nitrogens with one attached hydrogen (secondary N) is 12. The minimum absolute atomic E-state index is 0.0166. The lowest BCUT2D eigenvalue weighted by Gasteiger charge is -2.30. The number of benzene rings is 1. The molecule has 594 valence electrons. The number of rotatable bonds is 48. The number of likely N-dealkylation sites (tertiary alicyclic amines) is 1. The summed E-state index contributed by atoms with van der Waals surface area (Å²) in [6, 6.07) is -14.3. The number of carboxylic acids is 3. The monoisotopic (exact) mass is 1530 g/mol. The second kappa shape index (κ2) is 45.6. The topological polar surface area (TPSA) is 661 Å². The van der Waals surface area contributed by atoms with Gasteiger partial charge in [-0.3, -0.25) is 76.9 Å². The van der Waals surface area contributed by atoms with Crippen molar-refractivity contribution in [2.24, 2.45) is 45.5 Å². The summed E-state index contributed by atoms with van der Waals surface area (Å²) in [5.74, 6) is -19.1. The van der Waals surface area contributed by atoms with Crippen LogP contribution >= 0.6 is 12.6 Å². The van der Waals surface area contributed by atoms with E-state index in [1.165, 1.54) is 48.6 Å². The lowest BCUT2D eigenvalue weighted by atomic mass is 10.0. The number of aliphatic carboxylic acids is 3. The Morgan fingerprint density at radius 1 is 0.579 bits per heavy atom. The molecule has 107 heavy (non-hydrogen) atoms. The normalized spacial score (nSPS) is 15.9. The molecule has 0 radical (unpaired) electrons. The number of nitrogens with zero attached hydrogens (tertiary/aromatic N) is 3. The number of primary amides is 1. The molecule has 1 aliphatic rings. The number of hydrogen-bond donors (Lipinski definition) is 22. The van der Waals surface area contributed by atoms with Gasteiger partial charge in [0, 0.05) is 56.4 Å². The first-order valence-electron chi connectivity index (χ1n) is 34.8. The number of H-pyrrole nitrogens is 1. The fourth-order valence-corrected chi connectivity index (χ4v) is 11.2. The van der Waals surface area contributed by atoms with E-state index in [-0.39, 0.29) is 68.4 Å². The maximum Gasteiger partial charge on any atom is 0.326 e. The minimum Gasteiger partial charge on any atom is -0.508 e. The predicted octanol–water partition coefficient (Wildman–Crippen LogP) is -5.90. The molecule has 0 saturated carbocycles. The Kier molecular flexibility index (Phi) is 38.6. The third-order valence-electron chi connectivity index (χ3n) is 16.8. The molecule has 13 atom stereocenters. The number of unbranched alkanes of at least 4 members (excludes halogenated alkanes) is 1. The number of aromatic nitrogens is 2. The third kappa shape index (κ3) is 32.3. The molecule has 2 heterocycles. The smallest absolute Gasteiger partial charge is 0.326 e. The fraction of sp³-hybridized carbons (Fsp3) is 0.606. The molecule has 1 saturated heterocycles. The van der Waals surface area contributed by atoms with Gasteiger partial charge in [0.25, 0.3) is 0 Å². The molecule has 0 aliphatic carbocycles. The molecule has 2 aromatic rings. The molecule has 1 aliphatic heterocycles. The van der Waals surface area contributed by atoms with Crippen LogP contribution in [0.4, 0.5) is 0 Å². The summed E-state index contributed by atoms with van der Waals surface area (Å²) in [6.07, 6.45) is 0.431. The summed E-state index contributed by atoms with van der Waals surface area (Å²) < 4.78 is 0. The van der Waals surface area contributed by atoms with E-state index in [1.54, 1.807) is 27.7 Å². The van der Waals surface area contributed by atoms with Crippen molar-refractivity contribution in [3.05, 3.63) is 48.0 Å². The highest BCUT2D eigenvalue weighted by atomic mass is 32.1. The van der Waals surface area contributed by atoms with Gasteiger partial charge in [-0.05, 0) is 108 Å².